The number of hydrogen-bond donors (Lipinski definition) is 2. The monoisotopic (exact) mass is 487 g/mol. The van der Waals surface area contributed by atoms with Crippen molar-refractivity contribution in [2.24, 2.45) is 13.0 Å². The Bertz CT molecular complexity index is 1200. The molecule has 2 fully saturated rings. The number of carbonyl (C=O) groups excluding carboxylic acids is 2. The normalized spacial score (nSPS) is 28.1. The van der Waals surface area contributed by atoms with Crippen LogP contribution in [0.2, 0.25) is 0 Å². The number of fused-ring (bicyclic) bond motifs is 2. The van der Waals surface area contributed by atoms with Crippen molar-refractivity contribution in [2.75, 3.05) is 0 Å². The third-order valence-corrected chi connectivity index (χ3v) is 8.90. The van der Waals surface area contributed by atoms with Gasteiger partial charge in [-0.3, -0.25) is 14.3 Å². The molecule has 7 heteroatoms. The molecule has 0 bridgehead atoms. The van der Waals surface area contributed by atoms with Crippen LogP contribution in [0.4, 0.5) is 0 Å². The van der Waals surface area contributed by atoms with E-state index in [1.54, 1.807) is 4.90 Å². The molecule has 4 aliphatic rings. The predicted octanol–water partition coefficient (Wildman–Crippen LogP) is 3.42. The molecule has 6 rings (SSSR count). The standard InChI is InChI=1S/C29H37N5O2/c1-18-7-11-27(28(35)31-18)34-17-22-14-19(8-10-24(22)29(34)36)13-20-5-3-4-6-25(20)32-23-9-12-26-21(15-23)16-30-33(26)2/h8,10,14,16,20,23,25,27,32H,1,3-7,9,11-13,15,17H2,2H3,(H,31,35)/t20-,23?,25+,27?/m1/s1. The second-order valence-electron chi connectivity index (χ2n) is 11.3. The minimum atomic E-state index is -0.401. The van der Waals surface area contributed by atoms with Gasteiger partial charge in [-0.1, -0.05) is 31.6 Å². The van der Waals surface area contributed by atoms with Gasteiger partial charge in [0.05, 0.1) is 6.20 Å². The zero-order valence-corrected chi connectivity index (χ0v) is 21.3. The molecule has 190 valence electrons. The number of allylic oxidation sites excluding steroid dienone is 1. The number of rotatable bonds is 5. The largest absolute Gasteiger partial charge is 0.329 e. The number of nitrogens with one attached hydrogen (secondary N) is 2. The van der Waals surface area contributed by atoms with Crippen molar-refractivity contribution in [3.8, 4) is 0 Å². The number of nitrogens with zero attached hydrogens (tertiary/aromatic N) is 3. The Labute approximate surface area is 213 Å². The lowest BCUT2D eigenvalue weighted by atomic mass is 9.79. The number of hydrogen-bond acceptors (Lipinski definition) is 4. The fourth-order valence-corrected chi connectivity index (χ4v) is 6.93. The van der Waals surface area contributed by atoms with E-state index in [2.05, 4.69) is 34.4 Å². The first-order valence-corrected chi connectivity index (χ1v) is 13.6. The highest BCUT2D eigenvalue weighted by Gasteiger charge is 2.38. The van der Waals surface area contributed by atoms with E-state index in [0.717, 1.165) is 42.5 Å². The fraction of sp³-hybridized carbons (Fsp3) is 0.552. The van der Waals surface area contributed by atoms with Crippen LogP contribution < -0.4 is 10.6 Å². The first-order chi connectivity index (χ1) is 17.5. The Morgan fingerprint density at radius 3 is 2.83 bits per heavy atom. The number of carbonyl (C=O) groups is 2. The summed E-state index contributed by atoms with van der Waals surface area (Å²) in [5.41, 5.74) is 6.66. The van der Waals surface area contributed by atoms with E-state index in [1.807, 2.05) is 24.0 Å². The number of aryl methyl sites for hydroxylation is 1. The molecule has 2 aromatic rings. The van der Waals surface area contributed by atoms with Gasteiger partial charge in [0, 0.05) is 42.6 Å². The SMILES string of the molecule is C=C1CCC(N2Cc3cc(C[C@H]4CCCC[C@@H]4NC4CCc5c(cnn5C)C4)ccc3C2=O)C(=O)N1. The molecule has 3 heterocycles. The first-order valence-electron chi connectivity index (χ1n) is 13.6. The summed E-state index contributed by atoms with van der Waals surface area (Å²) in [5, 5.41) is 11.3. The molecule has 4 atom stereocenters. The Hall–Kier alpha value is -2.93. The molecule has 2 aliphatic carbocycles. The first kappa shape index (κ1) is 23.5. The van der Waals surface area contributed by atoms with Gasteiger partial charge in [-0.15, -0.1) is 0 Å². The van der Waals surface area contributed by atoms with E-state index in [-0.39, 0.29) is 11.8 Å². The van der Waals surface area contributed by atoms with Crippen molar-refractivity contribution in [1.82, 2.24) is 25.3 Å². The van der Waals surface area contributed by atoms with Gasteiger partial charge >= 0.3 is 0 Å². The Kier molecular flexibility index (Phi) is 6.20. The molecular weight excluding hydrogens is 450 g/mol. The molecule has 2 aliphatic heterocycles. The molecule has 1 aromatic carbocycles. The number of piperidine rings is 1. The Morgan fingerprint density at radius 2 is 1.97 bits per heavy atom. The highest BCUT2D eigenvalue weighted by atomic mass is 16.2. The van der Waals surface area contributed by atoms with Gasteiger partial charge in [0.15, 0.2) is 0 Å². The van der Waals surface area contributed by atoms with Crippen molar-refractivity contribution in [2.45, 2.75) is 88.9 Å². The third kappa shape index (κ3) is 4.38. The summed E-state index contributed by atoms with van der Waals surface area (Å²) in [5.74, 6) is 0.480. The van der Waals surface area contributed by atoms with E-state index in [1.165, 1.54) is 48.9 Å². The average molecular weight is 488 g/mol. The summed E-state index contributed by atoms with van der Waals surface area (Å²) in [6.45, 7) is 4.38. The van der Waals surface area contributed by atoms with Gasteiger partial charge in [-0.25, -0.2) is 0 Å². The maximum Gasteiger partial charge on any atom is 0.255 e. The van der Waals surface area contributed by atoms with Crippen molar-refractivity contribution in [3.63, 3.8) is 0 Å². The summed E-state index contributed by atoms with van der Waals surface area (Å²) in [6.07, 6.45) is 12.9. The highest BCUT2D eigenvalue weighted by Crippen LogP contribution is 2.33. The fourth-order valence-electron chi connectivity index (χ4n) is 6.93. The lowest BCUT2D eigenvalue weighted by molar-refractivity contribution is -0.126. The maximum atomic E-state index is 13.1. The second kappa shape index (κ2) is 9.51. The summed E-state index contributed by atoms with van der Waals surface area (Å²) >= 11 is 0. The zero-order chi connectivity index (χ0) is 24.8. The van der Waals surface area contributed by atoms with Gasteiger partial charge in [-0.2, -0.15) is 5.10 Å². The van der Waals surface area contributed by atoms with Crippen LogP contribution in [0.15, 0.2) is 36.7 Å². The lowest BCUT2D eigenvalue weighted by Gasteiger charge is -2.36. The van der Waals surface area contributed by atoms with Crippen molar-refractivity contribution < 1.29 is 9.59 Å². The molecule has 0 spiro atoms. The van der Waals surface area contributed by atoms with Gasteiger partial charge in [-0.05, 0) is 80.0 Å². The van der Waals surface area contributed by atoms with Crippen LogP contribution >= 0.6 is 0 Å². The summed E-state index contributed by atoms with van der Waals surface area (Å²) in [4.78, 5) is 27.4. The van der Waals surface area contributed by atoms with E-state index < -0.39 is 6.04 Å². The molecule has 36 heavy (non-hydrogen) atoms. The van der Waals surface area contributed by atoms with E-state index in [9.17, 15) is 9.59 Å². The Balaban J connectivity index is 1.12. The molecule has 1 saturated carbocycles. The second-order valence-corrected chi connectivity index (χ2v) is 11.3. The summed E-state index contributed by atoms with van der Waals surface area (Å²) in [7, 11) is 2.05. The molecular formula is C29H37N5O2. The lowest BCUT2D eigenvalue weighted by Crippen LogP contribution is -2.49. The summed E-state index contributed by atoms with van der Waals surface area (Å²) in [6, 6.07) is 7.01. The molecule has 2 amide bonds. The highest BCUT2D eigenvalue weighted by molar-refractivity contribution is 6.01. The van der Waals surface area contributed by atoms with Crippen LogP contribution in [0.5, 0.6) is 0 Å². The van der Waals surface area contributed by atoms with Gasteiger partial charge in [0.25, 0.3) is 5.91 Å². The van der Waals surface area contributed by atoms with E-state index >= 15 is 0 Å². The van der Waals surface area contributed by atoms with Gasteiger partial charge in [0.1, 0.15) is 6.04 Å². The smallest absolute Gasteiger partial charge is 0.255 e. The van der Waals surface area contributed by atoms with Crippen LogP contribution in [0.3, 0.4) is 0 Å². The zero-order valence-electron chi connectivity index (χ0n) is 21.3. The minimum Gasteiger partial charge on any atom is -0.329 e. The van der Waals surface area contributed by atoms with Crippen molar-refractivity contribution >= 4 is 11.8 Å². The van der Waals surface area contributed by atoms with Crippen molar-refractivity contribution in [1.29, 1.82) is 0 Å². The maximum absolute atomic E-state index is 13.1. The van der Waals surface area contributed by atoms with Crippen LogP contribution in [0.25, 0.3) is 0 Å². The quantitative estimate of drug-likeness (QED) is 0.678. The van der Waals surface area contributed by atoms with E-state index in [0.29, 0.717) is 31.0 Å². The third-order valence-electron chi connectivity index (χ3n) is 8.90. The molecule has 0 radical (unpaired) electrons. The molecule has 1 saturated heterocycles. The number of amides is 2. The van der Waals surface area contributed by atoms with Crippen LogP contribution in [-0.4, -0.2) is 44.6 Å². The topological polar surface area (TPSA) is 79.3 Å². The Morgan fingerprint density at radius 1 is 1.11 bits per heavy atom. The van der Waals surface area contributed by atoms with Gasteiger partial charge < -0.3 is 15.5 Å². The van der Waals surface area contributed by atoms with Crippen LogP contribution in [0, 0.1) is 5.92 Å². The minimum absolute atomic E-state index is 0.0199. The molecule has 1 aromatic heterocycles. The summed E-state index contributed by atoms with van der Waals surface area (Å²) < 4.78 is 2.03. The molecule has 2 unspecified atom stereocenters. The predicted molar refractivity (Wildman–Crippen MR) is 138 cm³/mol. The van der Waals surface area contributed by atoms with Crippen molar-refractivity contribution in [3.05, 3.63) is 64.6 Å². The number of benzene rings is 1. The van der Waals surface area contributed by atoms with Crippen LogP contribution in [-0.2, 0) is 37.6 Å². The van der Waals surface area contributed by atoms with E-state index in [4.69, 9.17) is 0 Å². The van der Waals surface area contributed by atoms with Gasteiger partial charge in [0.2, 0.25) is 5.91 Å². The molecule has 2 N–H and O–H groups in total. The number of aromatic nitrogens is 2. The molecule has 7 nitrogen and oxygen atoms in total. The van der Waals surface area contributed by atoms with Crippen LogP contribution in [0.1, 0.15) is 77.7 Å². The average Bonchev–Trinajstić information content (AvgIpc) is 3.39.